The summed E-state index contributed by atoms with van der Waals surface area (Å²) in [6.07, 6.45) is 31.5. The number of imidazole rings is 3. The summed E-state index contributed by atoms with van der Waals surface area (Å²) in [5.74, 6) is 1.09. The monoisotopic (exact) mass is 1620 g/mol. The third-order valence-electron chi connectivity index (χ3n) is 21.6. The van der Waals surface area contributed by atoms with Gasteiger partial charge in [-0.2, -0.15) is 21.6 Å². The molecule has 14 rings (SSSR count). The number of alkyl halides is 3. The van der Waals surface area contributed by atoms with Crippen molar-refractivity contribution in [1.82, 2.24) is 68.3 Å². The van der Waals surface area contributed by atoms with Crippen molar-refractivity contribution in [1.29, 1.82) is 0 Å². The fraction of sp³-hybridized carbons (Fsp3) is 0.571. The minimum atomic E-state index is -5.84. The topological polar surface area (TPSA) is 281 Å². The van der Waals surface area contributed by atoms with E-state index >= 15 is 0 Å². The van der Waals surface area contributed by atoms with Crippen molar-refractivity contribution >= 4 is 76.6 Å². The molecule has 4 fully saturated rings. The Morgan fingerprint density at radius 2 is 1.07 bits per heavy atom. The molecule has 5 atom stereocenters. The third-order valence-corrected chi connectivity index (χ3v) is 22.6. The first-order valence-electron chi connectivity index (χ1n) is 40.0. The van der Waals surface area contributed by atoms with Crippen LogP contribution in [-0.2, 0) is 46.2 Å². The summed E-state index contributed by atoms with van der Waals surface area (Å²) in [7, 11) is 0.758. The predicted octanol–water partition coefficient (Wildman–Crippen LogP) is 11.2. The smallest absolute Gasteiger partial charge is 1.00 e. The van der Waals surface area contributed by atoms with Crippen LogP contribution in [0.3, 0.4) is 0 Å². The number of nitrogens with zero attached hydrogens (tertiary/aromatic N) is 12. The van der Waals surface area contributed by atoms with E-state index in [9.17, 15) is 40.8 Å². The molecule has 1 unspecified atom stereocenters. The number of likely N-dealkylation sites (tertiary alicyclic amines) is 3. The van der Waals surface area contributed by atoms with E-state index in [4.69, 9.17) is 35.3 Å². The predicted molar refractivity (Wildman–Crippen MR) is 440 cm³/mol. The molecule has 7 aliphatic rings. The third kappa shape index (κ3) is 26.1. The summed E-state index contributed by atoms with van der Waals surface area (Å²) in [6, 6.07) is 15.3. The summed E-state index contributed by atoms with van der Waals surface area (Å²) in [5, 5.41) is 15.7. The van der Waals surface area contributed by atoms with Gasteiger partial charge in [-0.1, -0.05) is 52.8 Å². The van der Waals surface area contributed by atoms with Crippen molar-refractivity contribution in [3.63, 3.8) is 0 Å². The molecular formula is C84H119BF3N15NaO10S. The number of nitrogens with one attached hydrogen (secondary N) is 2. The average Bonchev–Trinajstić information content (AvgIpc) is 1.49. The average molecular weight is 1620 g/mol. The van der Waals surface area contributed by atoms with Gasteiger partial charge in [0.2, 0.25) is 11.7 Å². The van der Waals surface area contributed by atoms with Gasteiger partial charge in [0, 0.05) is 118 Å². The van der Waals surface area contributed by atoms with Crippen molar-refractivity contribution in [2.24, 2.45) is 23.7 Å². The number of piperidine rings is 4. The number of amides is 2. The zero-order valence-electron chi connectivity index (χ0n) is 70.9. The molecule has 14 heterocycles. The molecule has 7 aliphatic heterocycles. The molecule has 0 aromatic carbocycles. The molecule has 3 radical (unpaired) electrons. The van der Waals surface area contributed by atoms with Gasteiger partial charge in [0.25, 0.3) is 0 Å². The van der Waals surface area contributed by atoms with Gasteiger partial charge < -0.3 is 64.5 Å². The second kappa shape index (κ2) is 40.5. The Labute approximate surface area is 701 Å². The van der Waals surface area contributed by atoms with Crippen molar-refractivity contribution in [2.45, 2.75) is 200 Å². The number of nitrogen functional groups attached to an aromatic ring is 1. The molecule has 7 aromatic heterocycles. The van der Waals surface area contributed by atoms with E-state index in [0.717, 1.165) is 108 Å². The van der Waals surface area contributed by atoms with Crippen LogP contribution in [0.15, 0.2) is 110 Å². The maximum absolute atomic E-state index is 12.9. The first-order valence-corrected chi connectivity index (χ1v) is 41.4. The van der Waals surface area contributed by atoms with Crippen LogP contribution in [0, 0.1) is 23.7 Å². The number of rotatable bonds is 12. The number of fused-ring (bicyclic) bond motifs is 3. The number of ketones is 1. The van der Waals surface area contributed by atoms with Crippen molar-refractivity contribution < 1.29 is 90.5 Å². The number of anilines is 1. The number of halogens is 3. The van der Waals surface area contributed by atoms with Gasteiger partial charge in [0.1, 0.15) is 34.0 Å². The molecule has 621 valence electrons. The number of carboxylic acids is 1. The second-order valence-electron chi connectivity index (χ2n) is 33.9. The number of Topliss-reactive ketones (excluding diaryl/α,β-unsaturated/α-hetero) is 1. The fourth-order valence-electron chi connectivity index (χ4n) is 14.8. The minimum Gasteiger partial charge on any atom is -1.00 e. The Morgan fingerprint density at radius 1 is 0.609 bits per heavy atom. The molecule has 31 heteroatoms. The molecule has 0 bridgehead atoms. The van der Waals surface area contributed by atoms with Crippen LogP contribution in [0.2, 0.25) is 0 Å². The molecule has 0 spiro atoms. The quantitative estimate of drug-likeness (QED) is 0.0383. The van der Waals surface area contributed by atoms with Gasteiger partial charge in [-0.05, 0) is 268 Å². The van der Waals surface area contributed by atoms with Gasteiger partial charge in [0.05, 0.1) is 22.8 Å². The van der Waals surface area contributed by atoms with E-state index in [0.29, 0.717) is 54.1 Å². The number of hydrogen-bond donors (Lipinski definition) is 4. The van der Waals surface area contributed by atoms with E-state index in [1.807, 2.05) is 27.7 Å². The first-order chi connectivity index (χ1) is 53.3. The number of aryl methyl sites for hydroxylation is 1. The number of ether oxygens (including phenoxy) is 2. The number of hydrogen-bond acceptors (Lipinski definition) is 19. The molecule has 0 aliphatic carbocycles. The molecule has 4 saturated heterocycles. The molecule has 7 aromatic rings. The number of aromatic nitrogens is 7. The van der Waals surface area contributed by atoms with Gasteiger partial charge in [-0.15, -0.1) is 0 Å². The number of allylic oxidation sites excluding steroid dienone is 3. The summed E-state index contributed by atoms with van der Waals surface area (Å²) in [6.45, 7) is 30.7. The molecule has 5 N–H and O–H groups in total. The Kier molecular flexibility index (Phi) is 32.7. The van der Waals surface area contributed by atoms with Crippen molar-refractivity contribution in [3.8, 4) is 0 Å². The maximum atomic E-state index is 12.9. The zero-order chi connectivity index (χ0) is 81.9. The summed E-state index contributed by atoms with van der Waals surface area (Å²) in [4.78, 5) is 74.6. The number of nitrogens with two attached hydrogens (primary N) is 1. The van der Waals surface area contributed by atoms with Gasteiger partial charge in [-0.25, -0.2) is 39.2 Å². The van der Waals surface area contributed by atoms with Crippen LogP contribution in [0.5, 0.6) is 0 Å². The van der Waals surface area contributed by atoms with Crippen LogP contribution >= 0.6 is 0 Å². The maximum Gasteiger partial charge on any atom is 1.00 e. The number of carboxylic acid groups (broad SMARTS) is 1. The molecule has 25 nitrogen and oxygen atoms in total. The largest absolute Gasteiger partial charge is 1.00 e. The second-order valence-corrected chi connectivity index (χ2v) is 35.5. The summed E-state index contributed by atoms with van der Waals surface area (Å²) in [5.41, 5.74) is 12.7. The first kappa shape index (κ1) is 92.7. The van der Waals surface area contributed by atoms with Crippen LogP contribution in [0.4, 0.5) is 28.6 Å². The zero-order valence-corrected chi connectivity index (χ0v) is 72.7. The molecular weight excluding hydrogens is 1500 g/mol. The summed E-state index contributed by atoms with van der Waals surface area (Å²) < 4.78 is 80.6. The Morgan fingerprint density at radius 3 is 1.53 bits per heavy atom. The van der Waals surface area contributed by atoms with Gasteiger partial charge in [0.15, 0.2) is 0 Å². The van der Waals surface area contributed by atoms with E-state index in [2.05, 4.69) is 175 Å². The number of carbonyl (C=O) groups is 4. The van der Waals surface area contributed by atoms with Gasteiger partial charge in [-0.3, -0.25) is 9.69 Å². The molecule has 115 heavy (non-hydrogen) atoms. The minimum absolute atomic E-state index is 0. The summed E-state index contributed by atoms with van der Waals surface area (Å²) >= 11 is 0. The van der Waals surface area contributed by atoms with E-state index < -0.39 is 50.6 Å². The Bertz CT molecular complexity index is 4650. The van der Waals surface area contributed by atoms with E-state index in [-0.39, 0.29) is 70.8 Å². The SMILES string of the molecule is CCc1cc(CC(=O)C(=O)O)cnc1N.C[C@H]1CC=C(OS(=O)(=O)C(F)(F)F)N(C(=O)OC(C)(C)C)C1.C[C@H]1CC=C(c2ccn3cc(C4CCN(C)CC4)nc3c2)N(C(=O)OC(C)(C)C)C1.C[C@H]1CC=C(c2ccn3cc(C4CCN(C)CC4)nc3c2)NC1.C[C@H]1CCC(c2ccn3cc(C4CCN(C)CC4)nc3c2)NC1.[B].[H-].[Na+]. The van der Waals surface area contributed by atoms with Crippen LogP contribution in [0.1, 0.15) is 217 Å². The number of aliphatic carboxylic acids is 1. The van der Waals surface area contributed by atoms with Gasteiger partial charge >= 0.3 is 63.3 Å². The van der Waals surface area contributed by atoms with Crippen LogP contribution < -0.4 is 45.9 Å². The Balaban J connectivity index is 0.000000202. The fourth-order valence-corrected chi connectivity index (χ4v) is 15.3. The molecule has 0 saturated carbocycles. The van der Waals surface area contributed by atoms with Crippen molar-refractivity contribution in [2.75, 3.05) is 92.3 Å². The van der Waals surface area contributed by atoms with Crippen LogP contribution in [0.25, 0.3) is 28.3 Å². The van der Waals surface area contributed by atoms with Crippen LogP contribution in [-0.4, -0.2) is 207 Å². The van der Waals surface area contributed by atoms with E-state index in [1.54, 1.807) is 38.7 Å². The van der Waals surface area contributed by atoms with Crippen molar-refractivity contribution in [3.05, 3.63) is 155 Å². The Hall–Kier alpha value is -7.84. The normalized spacial score (nSPS) is 21.1. The number of carbonyl (C=O) groups excluding carboxylic acids is 3. The number of pyridine rings is 4. The van der Waals surface area contributed by atoms with E-state index in [1.165, 1.54) is 105 Å². The molecule has 2 amide bonds. The standard InChI is InChI=1S/C24H34N4O2.C19H28N4.C19H26N4.C12H18F3NO5S.C10H12N2O3.B.Na.H/c1-17-6-7-21(28(15-17)23(29)30-24(2,3)4)19-10-13-27-16-20(25-22(27)14-19)18-8-11-26(5)12-9-18;2*1-14-3-4-17(20-12-14)16-7-10-23-13-18(21-19(23)11-16)15-5-8-22(2)9-6-15;1-8-5-6-9(21-22(18,19)12(13,14)15)16(7-8)10(17)20-11(2,3)4;1-2-7-3-6(5-12-9(7)11)4-8(13)10(14)15;;;/h7,10,13-14,16-18H,6,8-9,11-12,15H2,1-5H3;7,10-11,13-15,17,20H,3-6,8-9,12H2,1-2H3;4,7,10-11,13-15,20H,3,5-6,8-9,12H2,1-2H3;6,8H,5,7H2,1-4H3;3,5H,2,4H2,1H3,(H2,11,12)(H,14,15);;;/q;;;;;;+1;-1/t17-;14-,17?;14-;8-;;;;/m0000..../s1.